The topological polar surface area (TPSA) is 50.7 Å². The maximum absolute atomic E-state index is 4.69. The molecule has 156 valence electrons. The lowest BCUT2D eigenvalue weighted by atomic mass is 10.0. The fourth-order valence-corrected chi connectivity index (χ4v) is 3.82. The van der Waals surface area contributed by atoms with Crippen LogP contribution in [0, 0.1) is 13.8 Å². The highest BCUT2D eigenvalue weighted by molar-refractivity contribution is 5.93. The van der Waals surface area contributed by atoms with Gasteiger partial charge in [-0.15, -0.1) is 0 Å². The summed E-state index contributed by atoms with van der Waals surface area (Å²) >= 11 is 0. The van der Waals surface area contributed by atoms with Gasteiger partial charge in [0.2, 0.25) is 0 Å². The number of fused-ring (bicyclic) bond motifs is 1. The number of aromatic nitrogens is 3. The van der Waals surface area contributed by atoms with Crippen LogP contribution in [0.2, 0.25) is 0 Å². The Hall–Kier alpha value is -4.05. The number of rotatable bonds is 5. The highest BCUT2D eigenvalue weighted by Crippen LogP contribution is 2.26. The smallest absolute Gasteiger partial charge is 0.135 e. The molecule has 0 amide bonds. The normalized spacial score (nSPS) is 10.9. The summed E-state index contributed by atoms with van der Waals surface area (Å²) in [6.07, 6.45) is 5.61. The van der Waals surface area contributed by atoms with Gasteiger partial charge in [0, 0.05) is 41.8 Å². The van der Waals surface area contributed by atoms with Crippen molar-refractivity contribution in [1.82, 2.24) is 15.0 Å². The second-order valence-corrected chi connectivity index (χ2v) is 8.05. The SMILES string of the molecule is Cc1ccc(-c2cc3ccnc(NCc4ccc(-c5ccnc(C)c5)cc4)c3cn2)cc1. The van der Waals surface area contributed by atoms with Gasteiger partial charge in [-0.2, -0.15) is 0 Å². The molecule has 4 nitrogen and oxygen atoms in total. The largest absolute Gasteiger partial charge is 0.365 e. The summed E-state index contributed by atoms with van der Waals surface area (Å²) < 4.78 is 0. The van der Waals surface area contributed by atoms with Crippen molar-refractivity contribution < 1.29 is 0 Å². The molecule has 0 atom stereocenters. The highest BCUT2D eigenvalue weighted by Gasteiger charge is 2.07. The van der Waals surface area contributed by atoms with Gasteiger partial charge in [-0.1, -0.05) is 54.1 Å². The highest BCUT2D eigenvalue weighted by atomic mass is 15.0. The number of pyridine rings is 3. The fourth-order valence-electron chi connectivity index (χ4n) is 3.82. The first-order chi connectivity index (χ1) is 15.7. The van der Waals surface area contributed by atoms with Gasteiger partial charge in [0.05, 0.1) is 5.69 Å². The quantitative estimate of drug-likeness (QED) is 0.351. The van der Waals surface area contributed by atoms with Gasteiger partial charge in [0.1, 0.15) is 5.82 Å². The minimum Gasteiger partial charge on any atom is -0.365 e. The standard InChI is InChI=1S/C28H24N4/c1-19-3-7-23(8-4-19)27-16-25-12-14-30-28(26(25)18-31-27)32-17-21-5-9-22(10-6-21)24-11-13-29-20(2)15-24/h3-16,18H,17H2,1-2H3,(H,30,32). The van der Waals surface area contributed by atoms with E-state index < -0.39 is 0 Å². The van der Waals surface area contributed by atoms with E-state index in [0.29, 0.717) is 6.54 Å². The number of hydrogen-bond acceptors (Lipinski definition) is 4. The molecular formula is C28H24N4. The van der Waals surface area contributed by atoms with E-state index in [2.05, 4.69) is 87.9 Å². The summed E-state index contributed by atoms with van der Waals surface area (Å²) in [5, 5.41) is 5.62. The van der Waals surface area contributed by atoms with Crippen LogP contribution >= 0.6 is 0 Å². The zero-order chi connectivity index (χ0) is 21.9. The molecule has 32 heavy (non-hydrogen) atoms. The molecule has 0 unspecified atom stereocenters. The Morgan fingerprint density at radius 2 is 1.44 bits per heavy atom. The number of benzene rings is 2. The lowest BCUT2D eigenvalue weighted by molar-refractivity contribution is 1.12. The maximum Gasteiger partial charge on any atom is 0.135 e. The van der Waals surface area contributed by atoms with E-state index in [-0.39, 0.29) is 0 Å². The summed E-state index contributed by atoms with van der Waals surface area (Å²) in [5.41, 5.74) is 7.93. The molecule has 5 aromatic rings. The fraction of sp³-hybridized carbons (Fsp3) is 0.107. The van der Waals surface area contributed by atoms with Crippen LogP contribution in [0.4, 0.5) is 5.82 Å². The molecule has 4 heteroatoms. The van der Waals surface area contributed by atoms with Crippen molar-refractivity contribution in [3.05, 3.63) is 108 Å². The van der Waals surface area contributed by atoms with Gasteiger partial charge in [-0.25, -0.2) is 4.98 Å². The van der Waals surface area contributed by atoms with E-state index in [0.717, 1.165) is 33.5 Å². The monoisotopic (exact) mass is 416 g/mol. The van der Waals surface area contributed by atoms with Crippen LogP contribution in [0.15, 0.2) is 91.4 Å². The second kappa shape index (κ2) is 8.60. The van der Waals surface area contributed by atoms with Crippen LogP contribution in [0.5, 0.6) is 0 Å². The lowest BCUT2D eigenvalue weighted by Crippen LogP contribution is -2.02. The number of nitrogens with zero attached hydrogens (tertiary/aromatic N) is 3. The van der Waals surface area contributed by atoms with Crippen molar-refractivity contribution in [2.75, 3.05) is 5.32 Å². The number of aryl methyl sites for hydroxylation is 2. The van der Waals surface area contributed by atoms with Crippen LogP contribution in [-0.2, 0) is 6.54 Å². The molecule has 0 radical (unpaired) electrons. The van der Waals surface area contributed by atoms with Crippen LogP contribution in [-0.4, -0.2) is 15.0 Å². The van der Waals surface area contributed by atoms with Crippen LogP contribution in [0.1, 0.15) is 16.8 Å². The molecule has 1 N–H and O–H groups in total. The van der Waals surface area contributed by atoms with E-state index in [1.54, 1.807) is 0 Å². The van der Waals surface area contributed by atoms with Crippen LogP contribution < -0.4 is 5.32 Å². The zero-order valence-electron chi connectivity index (χ0n) is 18.2. The molecule has 0 aliphatic heterocycles. The zero-order valence-corrected chi connectivity index (χ0v) is 18.2. The Morgan fingerprint density at radius 3 is 2.22 bits per heavy atom. The lowest BCUT2D eigenvalue weighted by Gasteiger charge is -2.11. The minimum absolute atomic E-state index is 0.696. The predicted molar refractivity (Wildman–Crippen MR) is 131 cm³/mol. The summed E-state index contributed by atoms with van der Waals surface area (Å²) in [4.78, 5) is 13.5. The van der Waals surface area contributed by atoms with Crippen molar-refractivity contribution in [3.8, 4) is 22.4 Å². The molecule has 3 aromatic heterocycles. The third kappa shape index (κ3) is 4.21. The number of nitrogens with one attached hydrogen (secondary N) is 1. The van der Waals surface area contributed by atoms with Crippen LogP contribution in [0.25, 0.3) is 33.2 Å². The molecule has 0 bridgehead atoms. The third-order valence-corrected chi connectivity index (χ3v) is 5.64. The van der Waals surface area contributed by atoms with E-state index in [4.69, 9.17) is 0 Å². The maximum atomic E-state index is 4.69. The van der Waals surface area contributed by atoms with Gasteiger partial charge in [0.25, 0.3) is 0 Å². The van der Waals surface area contributed by atoms with Crippen molar-refractivity contribution in [2.24, 2.45) is 0 Å². The van der Waals surface area contributed by atoms with E-state index in [9.17, 15) is 0 Å². The van der Waals surface area contributed by atoms with Crippen molar-refractivity contribution in [3.63, 3.8) is 0 Å². The Kier molecular flexibility index (Phi) is 5.34. The molecule has 0 aliphatic rings. The number of hydrogen-bond donors (Lipinski definition) is 1. The molecule has 2 aromatic carbocycles. The van der Waals surface area contributed by atoms with Crippen molar-refractivity contribution in [2.45, 2.75) is 20.4 Å². The Morgan fingerprint density at radius 1 is 0.688 bits per heavy atom. The molecule has 0 spiro atoms. The molecule has 0 fully saturated rings. The summed E-state index contributed by atoms with van der Waals surface area (Å²) in [6, 6.07) is 25.3. The van der Waals surface area contributed by atoms with Gasteiger partial charge in [0.15, 0.2) is 0 Å². The summed E-state index contributed by atoms with van der Waals surface area (Å²) in [7, 11) is 0. The van der Waals surface area contributed by atoms with E-state index >= 15 is 0 Å². The van der Waals surface area contributed by atoms with Gasteiger partial charge >= 0.3 is 0 Å². The molecule has 5 rings (SSSR count). The molecule has 3 heterocycles. The predicted octanol–water partition coefficient (Wildman–Crippen LogP) is 6.59. The Bertz CT molecular complexity index is 1370. The first kappa shape index (κ1) is 19.9. The van der Waals surface area contributed by atoms with Crippen molar-refractivity contribution in [1.29, 1.82) is 0 Å². The first-order valence-corrected chi connectivity index (χ1v) is 10.7. The molecular weight excluding hydrogens is 392 g/mol. The van der Waals surface area contributed by atoms with Gasteiger partial charge < -0.3 is 5.32 Å². The van der Waals surface area contributed by atoms with Crippen LogP contribution in [0.3, 0.4) is 0 Å². The van der Waals surface area contributed by atoms with Gasteiger partial charge in [-0.3, -0.25) is 9.97 Å². The minimum atomic E-state index is 0.696. The Balaban J connectivity index is 1.34. The third-order valence-electron chi connectivity index (χ3n) is 5.64. The van der Waals surface area contributed by atoms with E-state index in [1.165, 1.54) is 22.3 Å². The van der Waals surface area contributed by atoms with Crippen molar-refractivity contribution >= 4 is 16.6 Å². The summed E-state index contributed by atoms with van der Waals surface area (Å²) in [6.45, 7) is 4.80. The Labute approximate surface area is 188 Å². The molecule has 0 saturated carbocycles. The molecule has 0 aliphatic carbocycles. The number of anilines is 1. The van der Waals surface area contributed by atoms with Gasteiger partial charge in [-0.05, 0) is 60.2 Å². The summed E-state index contributed by atoms with van der Waals surface area (Å²) in [5.74, 6) is 0.847. The van der Waals surface area contributed by atoms with E-state index in [1.807, 2.05) is 37.6 Å². The molecule has 0 saturated heterocycles. The second-order valence-electron chi connectivity index (χ2n) is 8.05. The average Bonchev–Trinajstić information content (AvgIpc) is 2.83. The average molecular weight is 417 g/mol. The first-order valence-electron chi connectivity index (χ1n) is 10.7.